The highest BCUT2D eigenvalue weighted by Crippen LogP contribution is 2.27. The third kappa shape index (κ3) is 1.80. The molecule has 0 atom stereocenters. The van der Waals surface area contributed by atoms with Gasteiger partial charge >= 0.3 is 0 Å². The molecule has 18 heavy (non-hydrogen) atoms. The molecule has 2 aromatic heterocycles. The standard InChI is InChI=1S/C15H13N3/c1-10-7-13(15(16)18-9-10)11-4-5-14-12(8-11)3-2-6-17-14/h2-9H,1H3,(H2,16,18). The first-order valence-electron chi connectivity index (χ1n) is 5.81. The normalized spacial score (nSPS) is 10.7. The number of hydrogen-bond acceptors (Lipinski definition) is 3. The number of nitrogens with zero attached hydrogens (tertiary/aromatic N) is 2. The van der Waals surface area contributed by atoms with Crippen LogP contribution in [0.2, 0.25) is 0 Å². The van der Waals surface area contributed by atoms with Crippen LogP contribution in [-0.2, 0) is 0 Å². The van der Waals surface area contributed by atoms with E-state index in [1.54, 1.807) is 12.4 Å². The SMILES string of the molecule is Cc1cnc(N)c(-c2ccc3ncccc3c2)c1. The number of hydrogen-bond donors (Lipinski definition) is 1. The van der Waals surface area contributed by atoms with E-state index in [1.165, 1.54) is 0 Å². The first kappa shape index (κ1) is 10.7. The average Bonchev–Trinajstić information content (AvgIpc) is 2.41. The van der Waals surface area contributed by atoms with Crippen molar-refractivity contribution in [3.05, 3.63) is 54.4 Å². The zero-order valence-corrected chi connectivity index (χ0v) is 10.1. The Bertz CT molecular complexity index is 720. The van der Waals surface area contributed by atoms with Gasteiger partial charge in [-0.15, -0.1) is 0 Å². The van der Waals surface area contributed by atoms with Gasteiger partial charge < -0.3 is 5.73 Å². The molecule has 2 N–H and O–H groups in total. The highest BCUT2D eigenvalue weighted by molar-refractivity contribution is 5.86. The van der Waals surface area contributed by atoms with Crippen molar-refractivity contribution < 1.29 is 0 Å². The van der Waals surface area contributed by atoms with Crippen molar-refractivity contribution in [3.63, 3.8) is 0 Å². The van der Waals surface area contributed by atoms with E-state index < -0.39 is 0 Å². The van der Waals surface area contributed by atoms with Gasteiger partial charge in [-0.25, -0.2) is 4.98 Å². The van der Waals surface area contributed by atoms with Crippen molar-refractivity contribution in [2.45, 2.75) is 6.92 Å². The van der Waals surface area contributed by atoms with Gasteiger partial charge in [0, 0.05) is 23.3 Å². The fraction of sp³-hybridized carbons (Fsp3) is 0.0667. The number of pyridine rings is 2. The van der Waals surface area contributed by atoms with Crippen LogP contribution in [0.25, 0.3) is 22.0 Å². The number of fused-ring (bicyclic) bond motifs is 1. The fourth-order valence-corrected chi connectivity index (χ4v) is 2.05. The van der Waals surface area contributed by atoms with Gasteiger partial charge in [0.15, 0.2) is 0 Å². The van der Waals surface area contributed by atoms with Crippen LogP contribution in [0.15, 0.2) is 48.8 Å². The van der Waals surface area contributed by atoms with Crippen molar-refractivity contribution in [2.24, 2.45) is 0 Å². The largest absolute Gasteiger partial charge is 0.383 e. The van der Waals surface area contributed by atoms with Gasteiger partial charge in [0.2, 0.25) is 0 Å². The lowest BCUT2D eigenvalue weighted by molar-refractivity contribution is 1.28. The highest BCUT2D eigenvalue weighted by Gasteiger charge is 2.05. The van der Waals surface area contributed by atoms with E-state index in [0.717, 1.165) is 27.6 Å². The Hall–Kier alpha value is -2.42. The van der Waals surface area contributed by atoms with Crippen LogP contribution in [0.3, 0.4) is 0 Å². The van der Waals surface area contributed by atoms with E-state index in [9.17, 15) is 0 Å². The molecule has 0 aliphatic heterocycles. The molecule has 3 heteroatoms. The monoisotopic (exact) mass is 235 g/mol. The molecule has 2 heterocycles. The molecular weight excluding hydrogens is 222 g/mol. The third-order valence-electron chi connectivity index (χ3n) is 2.97. The minimum atomic E-state index is 0.559. The van der Waals surface area contributed by atoms with Crippen LogP contribution in [0.4, 0.5) is 5.82 Å². The van der Waals surface area contributed by atoms with Crippen LogP contribution in [0, 0.1) is 6.92 Å². The van der Waals surface area contributed by atoms with E-state index in [4.69, 9.17) is 5.73 Å². The van der Waals surface area contributed by atoms with Crippen LogP contribution in [0.5, 0.6) is 0 Å². The van der Waals surface area contributed by atoms with Gasteiger partial charge in [-0.2, -0.15) is 0 Å². The van der Waals surface area contributed by atoms with Crippen molar-refractivity contribution in [1.82, 2.24) is 9.97 Å². The molecule has 0 saturated carbocycles. The van der Waals surface area contributed by atoms with Crippen molar-refractivity contribution in [3.8, 4) is 11.1 Å². The van der Waals surface area contributed by atoms with Crippen LogP contribution < -0.4 is 5.73 Å². The summed E-state index contributed by atoms with van der Waals surface area (Å²) < 4.78 is 0. The number of nitrogens with two attached hydrogens (primary N) is 1. The maximum Gasteiger partial charge on any atom is 0.131 e. The lowest BCUT2D eigenvalue weighted by Crippen LogP contribution is -1.94. The maximum atomic E-state index is 5.94. The lowest BCUT2D eigenvalue weighted by Gasteiger charge is -2.07. The number of anilines is 1. The van der Waals surface area contributed by atoms with Gasteiger partial charge in [0.05, 0.1) is 5.52 Å². The van der Waals surface area contributed by atoms with E-state index in [1.807, 2.05) is 31.2 Å². The second-order valence-electron chi connectivity index (χ2n) is 4.36. The summed E-state index contributed by atoms with van der Waals surface area (Å²) in [7, 11) is 0. The summed E-state index contributed by atoms with van der Waals surface area (Å²) in [6, 6.07) is 12.2. The first-order chi connectivity index (χ1) is 8.74. The Morgan fingerprint density at radius 2 is 1.94 bits per heavy atom. The molecule has 0 fully saturated rings. The average molecular weight is 235 g/mol. The van der Waals surface area contributed by atoms with Gasteiger partial charge in [0.25, 0.3) is 0 Å². The third-order valence-corrected chi connectivity index (χ3v) is 2.97. The number of aromatic nitrogens is 2. The summed E-state index contributed by atoms with van der Waals surface area (Å²) >= 11 is 0. The molecule has 0 bridgehead atoms. The smallest absolute Gasteiger partial charge is 0.131 e. The van der Waals surface area contributed by atoms with Gasteiger partial charge in [-0.1, -0.05) is 12.1 Å². The Balaban J connectivity index is 2.22. The van der Waals surface area contributed by atoms with Gasteiger partial charge in [0.1, 0.15) is 5.82 Å². The van der Waals surface area contributed by atoms with Crippen molar-refractivity contribution in [2.75, 3.05) is 5.73 Å². The van der Waals surface area contributed by atoms with Crippen LogP contribution in [0.1, 0.15) is 5.56 Å². The molecule has 0 amide bonds. The van der Waals surface area contributed by atoms with Gasteiger partial charge in [-0.3, -0.25) is 4.98 Å². The molecule has 3 aromatic rings. The molecule has 0 spiro atoms. The zero-order valence-electron chi connectivity index (χ0n) is 10.1. The zero-order chi connectivity index (χ0) is 12.5. The fourth-order valence-electron chi connectivity index (χ4n) is 2.05. The van der Waals surface area contributed by atoms with E-state index in [-0.39, 0.29) is 0 Å². The summed E-state index contributed by atoms with van der Waals surface area (Å²) in [5.41, 5.74) is 10.1. The minimum absolute atomic E-state index is 0.559. The highest BCUT2D eigenvalue weighted by atomic mass is 14.8. The Kier molecular flexibility index (Phi) is 2.45. The molecule has 0 unspecified atom stereocenters. The second-order valence-corrected chi connectivity index (χ2v) is 4.36. The van der Waals surface area contributed by atoms with Crippen molar-refractivity contribution in [1.29, 1.82) is 0 Å². The summed E-state index contributed by atoms with van der Waals surface area (Å²) in [6.45, 7) is 2.01. The molecule has 0 aliphatic carbocycles. The summed E-state index contributed by atoms with van der Waals surface area (Å²) in [5.74, 6) is 0.559. The molecule has 3 rings (SSSR count). The molecule has 0 saturated heterocycles. The van der Waals surface area contributed by atoms with Crippen LogP contribution >= 0.6 is 0 Å². The summed E-state index contributed by atoms with van der Waals surface area (Å²) in [4.78, 5) is 8.51. The topological polar surface area (TPSA) is 51.8 Å². The number of rotatable bonds is 1. The number of nitrogen functional groups attached to an aromatic ring is 1. The molecule has 88 valence electrons. The maximum absolute atomic E-state index is 5.94. The first-order valence-corrected chi connectivity index (χ1v) is 5.81. The molecule has 0 aliphatic rings. The molecule has 3 nitrogen and oxygen atoms in total. The van der Waals surface area contributed by atoms with Gasteiger partial charge in [-0.05, 0) is 42.3 Å². The van der Waals surface area contributed by atoms with Crippen LogP contribution in [-0.4, -0.2) is 9.97 Å². The second kappa shape index (κ2) is 4.11. The number of benzene rings is 1. The predicted octanol–water partition coefficient (Wildman–Crippen LogP) is 3.19. The van der Waals surface area contributed by atoms with E-state index in [0.29, 0.717) is 5.82 Å². The lowest BCUT2D eigenvalue weighted by atomic mass is 10.0. The molecule has 0 radical (unpaired) electrons. The van der Waals surface area contributed by atoms with Crippen molar-refractivity contribution >= 4 is 16.7 Å². The van der Waals surface area contributed by atoms with E-state index in [2.05, 4.69) is 22.1 Å². The number of aryl methyl sites for hydroxylation is 1. The Morgan fingerprint density at radius 1 is 1.06 bits per heavy atom. The summed E-state index contributed by atoms with van der Waals surface area (Å²) in [6.07, 6.45) is 3.58. The van der Waals surface area contributed by atoms with E-state index >= 15 is 0 Å². The predicted molar refractivity (Wildman–Crippen MR) is 74.1 cm³/mol. The molecular formula is C15H13N3. The Labute approximate surface area is 105 Å². The quantitative estimate of drug-likeness (QED) is 0.704. The Morgan fingerprint density at radius 3 is 2.83 bits per heavy atom. The summed E-state index contributed by atoms with van der Waals surface area (Å²) in [5, 5.41) is 1.11. The minimum Gasteiger partial charge on any atom is -0.383 e. The molecule has 1 aromatic carbocycles.